The van der Waals surface area contributed by atoms with Crippen LogP contribution >= 0.6 is 0 Å². The summed E-state index contributed by atoms with van der Waals surface area (Å²) in [6, 6.07) is 7.76. The molecule has 0 amide bonds. The van der Waals surface area contributed by atoms with Crippen LogP contribution in [0, 0.1) is 11.3 Å². The van der Waals surface area contributed by atoms with E-state index in [4.69, 9.17) is 4.74 Å². The molecule has 1 N–H and O–H groups in total. The van der Waals surface area contributed by atoms with Gasteiger partial charge in [0.05, 0.1) is 13.2 Å². The predicted octanol–water partition coefficient (Wildman–Crippen LogP) is 1.44. The Morgan fingerprint density at radius 1 is 1.18 bits per heavy atom. The third-order valence-electron chi connectivity index (χ3n) is 4.64. The van der Waals surface area contributed by atoms with Gasteiger partial charge in [-0.05, 0) is 18.2 Å². The van der Waals surface area contributed by atoms with Crippen molar-refractivity contribution < 1.29 is 4.74 Å². The summed E-state index contributed by atoms with van der Waals surface area (Å²) in [7, 11) is 0. The third kappa shape index (κ3) is 2.39. The minimum Gasteiger partial charge on any atom is -0.380 e. The van der Waals surface area contributed by atoms with Crippen LogP contribution in [0.2, 0.25) is 0 Å². The lowest BCUT2D eigenvalue weighted by molar-refractivity contribution is 0.159. The highest BCUT2D eigenvalue weighted by Gasteiger charge is 2.51. The van der Waals surface area contributed by atoms with Gasteiger partial charge in [-0.25, -0.2) is 15.0 Å². The first-order valence-corrected chi connectivity index (χ1v) is 7.60. The lowest BCUT2D eigenvalue weighted by atomic mass is 9.81. The molecule has 0 spiro atoms. The summed E-state index contributed by atoms with van der Waals surface area (Å²) in [5, 5.41) is 3.46. The highest BCUT2D eigenvalue weighted by molar-refractivity contribution is 5.37. The highest BCUT2D eigenvalue weighted by atomic mass is 16.5. The number of anilines is 2. The topological polar surface area (TPSA) is 63.2 Å². The van der Waals surface area contributed by atoms with Gasteiger partial charge in [0, 0.05) is 49.6 Å². The molecule has 4 heterocycles. The lowest BCUT2D eigenvalue weighted by Gasteiger charge is -2.27. The first kappa shape index (κ1) is 13.5. The van der Waals surface area contributed by atoms with E-state index in [1.807, 2.05) is 24.3 Å². The number of ether oxygens (including phenoxy) is 1. The zero-order chi connectivity index (χ0) is 14.8. The molecule has 2 aliphatic rings. The van der Waals surface area contributed by atoms with Gasteiger partial charge in [-0.3, -0.25) is 0 Å². The van der Waals surface area contributed by atoms with Crippen LogP contribution in [-0.4, -0.2) is 47.8 Å². The number of rotatable bonds is 4. The molecule has 2 aliphatic heterocycles. The van der Waals surface area contributed by atoms with Crippen LogP contribution in [0.25, 0.3) is 0 Å². The molecule has 2 aromatic rings. The number of aromatic nitrogens is 3. The maximum atomic E-state index is 5.76. The molecule has 6 nitrogen and oxygen atoms in total. The van der Waals surface area contributed by atoms with Crippen molar-refractivity contribution in [3.63, 3.8) is 0 Å². The van der Waals surface area contributed by atoms with Gasteiger partial charge >= 0.3 is 0 Å². The summed E-state index contributed by atoms with van der Waals surface area (Å²) >= 11 is 0. The Hall–Kier alpha value is -2.21. The molecule has 0 aromatic carbocycles. The SMILES string of the molecule is c1ccc(NC[C@@]23COC[C@@H]2CN(c2ncccn2)C3)nc1. The van der Waals surface area contributed by atoms with Crippen molar-refractivity contribution in [1.29, 1.82) is 0 Å². The largest absolute Gasteiger partial charge is 0.380 e. The Labute approximate surface area is 129 Å². The average molecular weight is 297 g/mol. The summed E-state index contributed by atoms with van der Waals surface area (Å²) in [4.78, 5) is 15.4. The van der Waals surface area contributed by atoms with Crippen molar-refractivity contribution >= 4 is 11.8 Å². The average Bonchev–Trinajstić information content (AvgIpc) is 3.12. The van der Waals surface area contributed by atoms with E-state index in [0.717, 1.165) is 44.6 Å². The molecule has 6 heteroatoms. The Morgan fingerprint density at radius 2 is 2.05 bits per heavy atom. The Bertz CT molecular complexity index is 623. The molecule has 2 atom stereocenters. The van der Waals surface area contributed by atoms with Crippen molar-refractivity contribution in [2.45, 2.75) is 0 Å². The molecule has 2 aromatic heterocycles. The molecule has 0 bridgehead atoms. The minimum absolute atomic E-state index is 0.108. The van der Waals surface area contributed by atoms with E-state index < -0.39 is 0 Å². The van der Waals surface area contributed by atoms with Crippen LogP contribution in [-0.2, 0) is 4.74 Å². The second-order valence-corrected chi connectivity index (χ2v) is 6.07. The fourth-order valence-corrected chi connectivity index (χ4v) is 3.42. The van der Waals surface area contributed by atoms with Crippen molar-refractivity contribution in [2.24, 2.45) is 11.3 Å². The van der Waals surface area contributed by atoms with Crippen LogP contribution in [0.1, 0.15) is 0 Å². The second kappa shape index (κ2) is 5.53. The molecule has 0 radical (unpaired) electrons. The summed E-state index contributed by atoms with van der Waals surface area (Å²) in [5.41, 5.74) is 0.108. The zero-order valence-electron chi connectivity index (χ0n) is 12.4. The summed E-state index contributed by atoms with van der Waals surface area (Å²) < 4.78 is 5.76. The molecule has 4 rings (SSSR count). The monoisotopic (exact) mass is 297 g/mol. The van der Waals surface area contributed by atoms with Gasteiger partial charge in [0.25, 0.3) is 0 Å². The molecule has 2 fully saturated rings. The van der Waals surface area contributed by atoms with Crippen molar-refractivity contribution in [1.82, 2.24) is 15.0 Å². The fraction of sp³-hybridized carbons (Fsp3) is 0.438. The maximum absolute atomic E-state index is 5.76. The Kier molecular flexibility index (Phi) is 3.38. The number of fused-ring (bicyclic) bond motifs is 1. The molecule has 114 valence electrons. The van der Waals surface area contributed by atoms with Crippen molar-refractivity contribution in [2.75, 3.05) is 43.1 Å². The van der Waals surface area contributed by atoms with Gasteiger partial charge in [0.1, 0.15) is 5.82 Å². The number of pyridine rings is 1. The fourth-order valence-electron chi connectivity index (χ4n) is 3.42. The van der Waals surface area contributed by atoms with Crippen LogP contribution in [0.5, 0.6) is 0 Å². The van der Waals surface area contributed by atoms with Gasteiger partial charge in [-0.2, -0.15) is 0 Å². The second-order valence-electron chi connectivity index (χ2n) is 6.07. The number of nitrogens with zero attached hydrogens (tertiary/aromatic N) is 4. The van der Waals surface area contributed by atoms with Crippen LogP contribution in [0.4, 0.5) is 11.8 Å². The van der Waals surface area contributed by atoms with E-state index in [1.165, 1.54) is 0 Å². The van der Waals surface area contributed by atoms with Crippen LogP contribution in [0.15, 0.2) is 42.9 Å². The Balaban J connectivity index is 1.50. The maximum Gasteiger partial charge on any atom is 0.225 e. The summed E-state index contributed by atoms with van der Waals surface area (Å²) in [5.74, 6) is 2.23. The summed E-state index contributed by atoms with van der Waals surface area (Å²) in [6.45, 7) is 4.32. The first-order chi connectivity index (χ1) is 10.9. The van der Waals surface area contributed by atoms with Crippen molar-refractivity contribution in [3.05, 3.63) is 42.9 Å². The van der Waals surface area contributed by atoms with E-state index in [0.29, 0.717) is 5.92 Å². The molecule has 0 aliphatic carbocycles. The van der Waals surface area contributed by atoms with Gasteiger partial charge < -0.3 is 15.0 Å². The summed E-state index contributed by atoms with van der Waals surface area (Å²) in [6.07, 6.45) is 5.40. The zero-order valence-corrected chi connectivity index (χ0v) is 12.4. The standard InChI is InChI=1S/C16H19N5O/c1-2-5-17-14(4-1)20-10-16-11-21(8-13(16)9-22-12-16)15-18-6-3-7-19-15/h1-7,13H,8-12H2,(H,17,20)/t13-,16+/m0/s1. The minimum atomic E-state index is 0.108. The van der Waals surface area contributed by atoms with E-state index in [2.05, 4.69) is 25.2 Å². The molecule has 22 heavy (non-hydrogen) atoms. The van der Waals surface area contributed by atoms with Crippen molar-refractivity contribution in [3.8, 4) is 0 Å². The van der Waals surface area contributed by atoms with Crippen LogP contribution < -0.4 is 10.2 Å². The predicted molar refractivity (Wildman–Crippen MR) is 83.7 cm³/mol. The highest BCUT2D eigenvalue weighted by Crippen LogP contribution is 2.42. The lowest BCUT2D eigenvalue weighted by Crippen LogP contribution is -2.38. The smallest absolute Gasteiger partial charge is 0.225 e. The van der Waals surface area contributed by atoms with Crippen LogP contribution in [0.3, 0.4) is 0 Å². The van der Waals surface area contributed by atoms with E-state index in [9.17, 15) is 0 Å². The van der Waals surface area contributed by atoms with E-state index >= 15 is 0 Å². The van der Waals surface area contributed by atoms with Gasteiger partial charge in [0.2, 0.25) is 5.95 Å². The molecular weight excluding hydrogens is 278 g/mol. The number of hydrogen-bond donors (Lipinski definition) is 1. The third-order valence-corrected chi connectivity index (χ3v) is 4.64. The van der Waals surface area contributed by atoms with Gasteiger partial charge in [0.15, 0.2) is 0 Å². The normalized spacial score (nSPS) is 26.9. The Morgan fingerprint density at radius 3 is 2.86 bits per heavy atom. The van der Waals surface area contributed by atoms with Gasteiger partial charge in [-0.1, -0.05) is 6.07 Å². The first-order valence-electron chi connectivity index (χ1n) is 7.60. The van der Waals surface area contributed by atoms with Gasteiger partial charge in [-0.15, -0.1) is 0 Å². The molecule has 2 saturated heterocycles. The molecule has 0 unspecified atom stereocenters. The van der Waals surface area contributed by atoms with E-state index in [1.54, 1.807) is 18.6 Å². The molecule has 0 saturated carbocycles. The van der Waals surface area contributed by atoms with E-state index in [-0.39, 0.29) is 5.41 Å². The number of hydrogen-bond acceptors (Lipinski definition) is 6. The quantitative estimate of drug-likeness (QED) is 0.921. The molecular formula is C16H19N5O. The number of nitrogens with one attached hydrogen (secondary N) is 1.